The van der Waals surface area contributed by atoms with Crippen molar-refractivity contribution in [1.29, 1.82) is 0 Å². The molecule has 0 saturated carbocycles. The Labute approximate surface area is 115 Å². The van der Waals surface area contributed by atoms with E-state index >= 15 is 0 Å². The van der Waals surface area contributed by atoms with Gasteiger partial charge in [-0.2, -0.15) is 0 Å². The number of rotatable bonds is 5. The fourth-order valence-electron chi connectivity index (χ4n) is 2.13. The second-order valence-corrected chi connectivity index (χ2v) is 7.95. The summed E-state index contributed by atoms with van der Waals surface area (Å²) in [6.45, 7) is 4.17. The SMILES string of the molecule is CC(C(N)=S)S(=O)(=O)N(C)CC1CCN(C)CC1. The molecule has 1 saturated heterocycles. The van der Waals surface area contributed by atoms with Gasteiger partial charge in [0.1, 0.15) is 5.25 Å². The number of sulfonamides is 1. The van der Waals surface area contributed by atoms with Gasteiger partial charge in [-0.15, -0.1) is 0 Å². The molecule has 0 amide bonds. The average Bonchev–Trinajstić information content (AvgIpc) is 2.30. The molecule has 0 aromatic rings. The lowest BCUT2D eigenvalue weighted by atomic mass is 9.97. The molecule has 7 heteroatoms. The van der Waals surface area contributed by atoms with E-state index < -0.39 is 15.3 Å². The fourth-order valence-corrected chi connectivity index (χ4v) is 3.75. The van der Waals surface area contributed by atoms with E-state index in [0.29, 0.717) is 12.5 Å². The normalized spacial score (nSPS) is 21.1. The summed E-state index contributed by atoms with van der Waals surface area (Å²) in [5, 5.41) is -0.788. The van der Waals surface area contributed by atoms with Gasteiger partial charge >= 0.3 is 0 Å². The Morgan fingerprint density at radius 3 is 2.44 bits per heavy atom. The standard InChI is InChI=1S/C11H23N3O2S2/c1-9(11(12)17)18(15,16)14(3)8-10-4-6-13(2)7-5-10/h9-10H,4-8H2,1-3H3,(H2,12,17). The lowest BCUT2D eigenvalue weighted by molar-refractivity contribution is 0.202. The summed E-state index contributed by atoms with van der Waals surface area (Å²) in [4.78, 5) is 2.30. The first-order chi connectivity index (χ1) is 8.25. The molecule has 1 atom stereocenters. The second kappa shape index (κ2) is 6.27. The summed E-state index contributed by atoms with van der Waals surface area (Å²) >= 11 is 4.77. The quantitative estimate of drug-likeness (QED) is 0.737. The first kappa shape index (κ1) is 15.8. The third kappa shape index (κ3) is 3.88. The van der Waals surface area contributed by atoms with Crippen molar-refractivity contribution in [3.05, 3.63) is 0 Å². The van der Waals surface area contributed by atoms with Crippen LogP contribution in [0.25, 0.3) is 0 Å². The molecule has 18 heavy (non-hydrogen) atoms. The third-order valence-electron chi connectivity index (χ3n) is 3.64. The van der Waals surface area contributed by atoms with Crippen molar-refractivity contribution in [1.82, 2.24) is 9.21 Å². The van der Waals surface area contributed by atoms with Crippen LogP contribution in [0, 0.1) is 5.92 Å². The Hall–Kier alpha value is -0.240. The number of hydrogen-bond donors (Lipinski definition) is 1. The lowest BCUT2D eigenvalue weighted by Gasteiger charge is -2.32. The van der Waals surface area contributed by atoms with Crippen molar-refractivity contribution in [3.63, 3.8) is 0 Å². The van der Waals surface area contributed by atoms with E-state index in [9.17, 15) is 8.42 Å². The minimum Gasteiger partial charge on any atom is -0.392 e. The van der Waals surface area contributed by atoms with Gasteiger partial charge in [0.2, 0.25) is 10.0 Å². The Bertz CT molecular complexity index is 389. The molecular weight excluding hydrogens is 270 g/mol. The Kier molecular flexibility index (Phi) is 5.51. The van der Waals surface area contributed by atoms with Gasteiger partial charge in [-0.05, 0) is 45.8 Å². The molecule has 0 bridgehead atoms. The van der Waals surface area contributed by atoms with Crippen LogP contribution in [0.3, 0.4) is 0 Å². The van der Waals surface area contributed by atoms with Crippen LogP contribution < -0.4 is 5.73 Å². The highest BCUT2D eigenvalue weighted by atomic mass is 32.2. The smallest absolute Gasteiger partial charge is 0.222 e. The van der Waals surface area contributed by atoms with Gasteiger partial charge < -0.3 is 10.6 Å². The number of thiocarbonyl (C=S) groups is 1. The zero-order valence-electron chi connectivity index (χ0n) is 11.3. The lowest BCUT2D eigenvalue weighted by Crippen LogP contribution is -2.44. The van der Waals surface area contributed by atoms with E-state index in [4.69, 9.17) is 18.0 Å². The highest BCUT2D eigenvalue weighted by molar-refractivity contribution is 7.92. The molecule has 0 aromatic carbocycles. The summed E-state index contributed by atoms with van der Waals surface area (Å²) in [7, 11) is 0.305. The zero-order chi connectivity index (χ0) is 13.9. The van der Waals surface area contributed by atoms with Crippen molar-refractivity contribution < 1.29 is 8.42 Å². The molecule has 2 N–H and O–H groups in total. The zero-order valence-corrected chi connectivity index (χ0v) is 12.9. The monoisotopic (exact) mass is 293 g/mol. The second-order valence-electron chi connectivity index (χ2n) is 5.12. The predicted octanol–water partition coefficient (Wildman–Crippen LogP) is 0.264. The topological polar surface area (TPSA) is 66.6 Å². The Morgan fingerprint density at radius 2 is 2.00 bits per heavy atom. The van der Waals surface area contributed by atoms with Gasteiger partial charge in [0, 0.05) is 13.6 Å². The van der Waals surface area contributed by atoms with Crippen molar-refractivity contribution in [2.45, 2.75) is 25.0 Å². The van der Waals surface area contributed by atoms with E-state index in [0.717, 1.165) is 25.9 Å². The van der Waals surface area contributed by atoms with Crippen LogP contribution in [-0.4, -0.2) is 61.6 Å². The molecule has 0 aromatic heterocycles. The van der Waals surface area contributed by atoms with E-state index in [1.807, 2.05) is 0 Å². The molecule has 1 unspecified atom stereocenters. The van der Waals surface area contributed by atoms with Crippen LogP contribution in [0.5, 0.6) is 0 Å². The van der Waals surface area contributed by atoms with E-state index in [-0.39, 0.29) is 4.99 Å². The molecule has 1 fully saturated rings. The van der Waals surface area contributed by atoms with Gasteiger partial charge in [-0.25, -0.2) is 12.7 Å². The number of likely N-dealkylation sites (tertiary alicyclic amines) is 1. The van der Waals surface area contributed by atoms with Crippen molar-refractivity contribution in [2.24, 2.45) is 11.7 Å². The van der Waals surface area contributed by atoms with Gasteiger partial charge in [0.15, 0.2) is 0 Å². The van der Waals surface area contributed by atoms with Crippen LogP contribution in [0.4, 0.5) is 0 Å². The molecule has 0 aliphatic carbocycles. The Morgan fingerprint density at radius 1 is 1.50 bits per heavy atom. The molecular formula is C11H23N3O2S2. The summed E-state index contributed by atoms with van der Waals surface area (Å²) in [6, 6.07) is 0. The third-order valence-corrected chi connectivity index (χ3v) is 6.30. The molecule has 106 valence electrons. The molecule has 0 spiro atoms. The molecule has 5 nitrogen and oxygen atoms in total. The summed E-state index contributed by atoms with van der Waals surface area (Å²) < 4.78 is 25.7. The fraction of sp³-hybridized carbons (Fsp3) is 0.909. The largest absolute Gasteiger partial charge is 0.392 e. The first-order valence-electron chi connectivity index (χ1n) is 6.18. The van der Waals surface area contributed by atoms with Crippen LogP contribution in [0.1, 0.15) is 19.8 Å². The minimum absolute atomic E-state index is 0.0326. The highest BCUT2D eigenvalue weighted by Crippen LogP contribution is 2.19. The van der Waals surface area contributed by atoms with E-state index in [2.05, 4.69) is 11.9 Å². The maximum atomic E-state index is 12.2. The number of nitrogens with two attached hydrogens (primary N) is 1. The number of hydrogen-bond acceptors (Lipinski definition) is 4. The molecule has 0 radical (unpaired) electrons. The molecule has 1 rings (SSSR count). The minimum atomic E-state index is -3.40. The van der Waals surface area contributed by atoms with Crippen LogP contribution in [0.2, 0.25) is 0 Å². The highest BCUT2D eigenvalue weighted by Gasteiger charge is 2.30. The van der Waals surface area contributed by atoms with Gasteiger partial charge in [0.25, 0.3) is 0 Å². The van der Waals surface area contributed by atoms with Crippen molar-refractivity contribution in [2.75, 3.05) is 33.7 Å². The van der Waals surface area contributed by atoms with Crippen molar-refractivity contribution >= 4 is 27.2 Å². The van der Waals surface area contributed by atoms with E-state index in [1.54, 1.807) is 14.0 Å². The van der Waals surface area contributed by atoms with Gasteiger partial charge in [-0.1, -0.05) is 12.2 Å². The summed E-state index contributed by atoms with van der Waals surface area (Å²) in [5.41, 5.74) is 5.43. The first-order valence-corrected chi connectivity index (χ1v) is 8.09. The maximum Gasteiger partial charge on any atom is 0.222 e. The summed E-state index contributed by atoms with van der Waals surface area (Å²) in [6.07, 6.45) is 2.08. The van der Waals surface area contributed by atoms with Gasteiger partial charge in [-0.3, -0.25) is 0 Å². The Balaban J connectivity index is 2.59. The van der Waals surface area contributed by atoms with Crippen LogP contribution in [0.15, 0.2) is 0 Å². The van der Waals surface area contributed by atoms with Crippen LogP contribution >= 0.6 is 12.2 Å². The summed E-state index contributed by atoms with van der Waals surface area (Å²) in [5.74, 6) is 0.430. The van der Waals surface area contributed by atoms with E-state index in [1.165, 1.54) is 4.31 Å². The number of piperidine rings is 1. The number of nitrogens with zero attached hydrogens (tertiary/aromatic N) is 2. The van der Waals surface area contributed by atoms with Crippen molar-refractivity contribution in [3.8, 4) is 0 Å². The molecule has 1 aliphatic rings. The molecule has 1 heterocycles. The van der Waals surface area contributed by atoms with Gasteiger partial charge in [0.05, 0.1) is 4.99 Å². The average molecular weight is 293 g/mol. The van der Waals surface area contributed by atoms with Crippen LogP contribution in [-0.2, 0) is 10.0 Å². The maximum absolute atomic E-state index is 12.2. The predicted molar refractivity (Wildman–Crippen MR) is 78.0 cm³/mol. The molecule has 1 aliphatic heterocycles.